The Bertz CT molecular complexity index is 770. The van der Waals surface area contributed by atoms with Crippen LogP contribution in [0.4, 0.5) is 23.7 Å². The van der Waals surface area contributed by atoms with Gasteiger partial charge in [0.2, 0.25) is 11.8 Å². The van der Waals surface area contributed by atoms with Gasteiger partial charge >= 0.3 is 12.2 Å². The van der Waals surface area contributed by atoms with Crippen molar-refractivity contribution in [1.29, 1.82) is 0 Å². The van der Waals surface area contributed by atoms with E-state index in [4.69, 9.17) is 5.11 Å². The fourth-order valence-corrected chi connectivity index (χ4v) is 3.27. The summed E-state index contributed by atoms with van der Waals surface area (Å²) in [7, 11) is 0. The largest absolute Gasteiger partial charge is 0.418 e. The van der Waals surface area contributed by atoms with Crippen molar-refractivity contribution >= 4 is 23.5 Å². The van der Waals surface area contributed by atoms with Crippen molar-refractivity contribution in [3.8, 4) is 0 Å². The van der Waals surface area contributed by atoms with E-state index in [1.165, 1.54) is 17.0 Å². The van der Waals surface area contributed by atoms with Crippen molar-refractivity contribution < 1.29 is 32.7 Å². The van der Waals surface area contributed by atoms with Gasteiger partial charge < -0.3 is 26.0 Å². The molecule has 4 amide bonds. The summed E-state index contributed by atoms with van der Waals surface area (Å²) < 4.78 is 38.9. The van der Waals surface area contributed by atoms with Gasteiger partial charge in [-0.1, -0.05) is 12.1 Å². The zero-order chi connectivity index (χ0) is 19.8. The smallest absolute Gasteiger partial charge is 0.394 e. The molecule has 2 heterocycles. The highest BCUT2D eigenvalue weighted by molar-refractivity contribution is 5.98. The fraction of sp³-hybridized carbons (Fsp3) is 0.438. The van der Waals surface area contributed by atoms with Crippen LogP contribution in [0.2, 0.25) is 0 Å². The van der Waals surface area contributed by atoms with Gasteiger partial charge in [0.1, 0.15) is 12.1 Å². The van der Waals surface area contributed by atoms with Gasteiger partial charge in [0.15, 0.2) is 0 Å². The molecular formula is C16H17F3N4O4. The van der Waals surface area contributed by atoms with Gasteiger partial charge in [-0.05, 0) is 18.6 Å². The third-order valence-corrected chi connectivity index (χ3v) is 4.50. The first-order chi connectivity index (χ1) is 12.7. The lowest BCUT2D eigenvalue weighted by molar-refractivity contribution is -0.148. The zero-order valence-corrected chi connectivity index (χ0v) is 13.9. The third kappa shape index (κ3) is 3.82. The number of halogens is 3. The van der Waals surface area contributed by atoms with E-state index in [9.17, 15) is 27.6 Å². The lowest BCUT2D eigenvalue weighted by atomic mass is 10.1. The molecule has 0 spiro atoms. The Hall–Kier alpha value is -2.82. The van der Waals surface area contributed by atoms with Crippen molar-refractivity contribution in [3.05, 3.63) is 29.8 Å². The first-order valence-corrected chi connectivity index (χ1v) is 8.16. The van der Waals surface area contributed by atoms with Gasteiger partial charge in [-0.2, -0.15) is 13.2 Å². The maximum absolute atomic E-state index is 13.0. The molecule has 0 unspecified atom stereocenters. The second kappa shape index (κ2) is 7.06. The summed E-state index contributed by atoms with van der Waals surface area (Å²) in [5.74, 6) is -0.907. The van der Waals surface area contributed by atoms with Gasteiger partial charge in [0.25, 0.3) is 0 Å². The monoisotopic (exact) mass is 386 g/mol. The van der Waals surface area contributed by atoms with Crippen molar-refractivity contribution in [1.82, 2.24) is 15.5 Å². The molecule has 2 saturated heterocycles. The van der Waals surface area contributed by atoms with E-state index in [1.807, 2.05) is 0 Å². The van der Waals surface area contributed by atoms with Crippen LogP contribution in [0, 0.1) is 0 Å². The minimum Gasteiger partial charge on any atom is -0.394 e. The first kappa shape index (κ1) is 19.0. The summed E-state index contributed by atoms with van der Waals surface area (Å²) in [6.07, 6.45) is -4.49. The predicted molar refractivity (Wildman–Crippen MR) is 86.5 cm³/mol. The van der Waals surface area contributed by atoms with Crippen molar-refractivity contribution in [2.75, 3.05) is 18.5 Å². The van der Waals surface area contributed by atoms with Crippen LogP contribution in [-0.4, -0.2) is 59.1 Å². The van der Waals surface area contributed by atoms with E-state index in [0.29, 0.717) is 0 Å². The number of piperazine rings is 1. The van der Waals surface area contributed by atoms with Gasteiger partial charge in [0, 0.05) is 6.54 Å². The van der Waals surface area contributed by atoms with Crippen LogP contribution in [0.15, 0.2) is 24.3 Å². The second-order valence-electron chi connectivity index (χ2n) is 6.32. The molecule has 8 nitrogen and oxygen atoms in total. The number of carbonyl (C=O) groups is 3. The third-order valence-electron chi connectivity index (χ3n) is 4.50. The van der Waals surface area contributed by atoms with E-state index in [1.54, 1.807) is 0 Å². The number of rotatable bonds is 3. The Morgan fingerprint density at radius 1 is 1.30 bits per heavy atom. The Labute approximate surface area is 151 Å². The highest BCUT2D eigenvalue weighted by atomic mass is 19.4. The van der Waals surface area contributed by atoms with E-state index in [2.05, 4.69) is 16.0 Å². The minimum atomic E-state index is -4.62. The molecule has 3 atom stereocenters. The highest BCUT2D eigenvalue weighted by Crippen LogP contribution is 2.34. The number of para-hydroxylation sites is 1. The molecule has 11 heteroatoms. The molecule has 0 aliphatic carbocycles. The fourth-order valence-electron chi connectivity index (χ4n) is 3.27. The van der Waals surface area contributed by atoms with Crippen LogP contribution in [0.3, 0.4) is 0 Å². The number of benzene rings is 1. The molecule has 3 rings (SSSR count). The topological polar surface area (TPSA) is 111 Å². The average molecular weight is 386 g/mol. The Kier molecular flexibility index (Phi) is 4.96. The summed E-state index contributed by atoms with van der Waals surface area (Å²) in [6.45, 7) is -0.512. The van der Waals surface area contributed by atoms with E-state index in [0.717, 1.165) is 12.1 Å². The first-order valence-electron chi connectivity index (χ1n) is 8.16. The quantitative estimate of drug-likeness (QED) is 0.598. The minimum absolute atomic E-state index is 0.0295. The maximum Gasteiger partial charge on any atom is 0.418 e. The van der Waals surface area contributed by atoms with Gasteiger partial charge in [-0.25, -0.2) is 4.79 Å². The van der Waals surface area contributed by atoms with E-state index < -0.39 is 60.0 Å². The van der Waals surface area contributed by atoms with Crippen LogP contribution in [0.1, 0.15) is 12.0 Å². The molecule has 0 aromatic heterocycles. The number of nitrogens with zero attached hydrogens (tertiary/aromatic N) is 1. The molecule has 0 radical (unpaired) electrons. The summed E-state index contributed by atoms with van der Waals surface area (Å²) in [4.78, 5) is 37.5. The summed E-state index contributed by atoms with van der Waals surface area (Å²) >= 11 is 0. The number of hydrogen-bond acceptors (Lipinski definition) is 4. The normalized spacial score (nSPS) is 25.0. The van der Waals surface area contributed by atoms with Crippen LogP contribution in [0.5, 0.6) is 0 Å². The SMILES string of the molecule is O=C(Nc1ccccc1C(F)(F)F)N[C@H]1C[C@H]2C(=O)N[C@H](CO)C(=O)N2C1. The molecule has 0 saturated carbocycles. The van der Waals surface area contributed by atoms with Crippen molar-refractivity contribution in [3.63, 3.8) is 0 Å². The number of hydrogen-bond donors (Lipinski definition) is 4. The van der Waals surface area contributed by atoms with Gasteiger partial charge in [-0.15, -0.1) is 0 Å². The molecule has 0 bridgehead atoms. The molecule has 2 aliphatic rings. The molecule has 1 aromatic rings. The predicted octanol–water partition coefficient (Wildman–Crippen LogP) is 0.287. The lowest BCUT2D eigenvalue weighted by Gasteiger charge is -2.33. The molecule has 27 heavy (non-hydrogen) atoms. The zero-order valence-electron chi connectivity index (χ0n) is 13.9. The number of amides is 4. The number of fused-ring (bicyclic) bond motifs is 1. The van der Waals surface area contributed by atoms with Crippen LogP contribution >= 0.6 is 0 Å². The lowest BCUT2D eigenvalue weighted by Crippen LogP contribution is -2.62. The number of alkyl halides is 3. The van der Waals surface area contributed by atoms with Crippen LogP contribution in [-0.2, 0) is 15.8 Å². The highest BCUT2D eigenvalue weighted by Gasteiger charge is 2.46. The van der Waals surface area contributed by atoms with Gasteiger partial charge in [0.05, 0.1) is 23.9 Å². The number of nitrogens with one attached hydrogen (secondary N) is 3. The summed E-state index contributed by atoms with van der Waals surface area (Å²) in [5.41, 5.74) is -1.38. The number of anilines is 1. The summed E-state index contributed by atoms with van der Waals surface area (Å²) in [5, 5.41) is 16.2. The van der Waals surface area contributed by atoms with Crippen LogP contribution in [0.25, 0.3) is 0 Å². The van der Waals surface area contributed by atoms with E-state index in [-0.39, 0.29) is 13.0 Å². The number of aliphatic hydroxyl groups excluding tert-OH is 1. The average Bonchev–Trinajstić information content (AvgIpc) is 3.02. The van der Waals surface area contributed by atoms with Gasteiger partial charge in [-0.3, -0.25) is 9.59 Å². The Morgan fingerprint density at radius 2 is 2.00 bits per heavy atom. The molecule has 1 aromatic carbocycles. The number of carbonyl (C=O) groups excluding carboxylic acids is 3. The Balaban J connectivity index is 1.65. The number of aliphatic hydroxyl groups is 1. The van der Waals surface area contributed by atoms with Crippen molar-refractivity contribution in [2.45, 2.75) is 30.7 Å². The standard InChI is InChI=1S/C16H17F3N4O4/c17-16(18,19)9-3-1-2-4-10(9)22-15(27)20-8-5-12-13(25)21-11(7-24)14(26)23(12)6-8/h1-4,8,11-12,24H,5-7H2,(H,21,25)(H2,20,22,27)/t8-,11+,12-/m0/s1. The molecule has 2 aliphatic heterocycles. The second-order valence-corrected chi connectivity index (χ2v) is 6.32. The molecular weight excluding hydrogens is 369 g/mol. The maximum atomic E-state index is 13.0. The van der Waals surface area contributed by atoms with E-state index >= 15 is 0 Å². The molecule has 146 valence electrons. The Morgan fingerprint density at radius 3 is 2.67 bits per heavy atom. The summed E-state index contributed by atoms with van der Waals surface area (Å²) in [6, 6.07) is 1.25. The molecule has 4 N–H and O–H groups in total. The van der Waals surface area contributed by atoms with Crippen molar-refractivity contribution in [2.24, 2.45) is 0 Å². The molecule has 2 fully saturated rings. The van der Waals surface area contributed by atoms with Crippen LogP contribution < -0.4 is 16.0 Å². The number of urea groups is 1.